The zero-order valence-electron chi connectivity index (χ0n) is 9.98. The Morgan fingerprint density at radius 2 is 1.76 bits per heavy atom. The Balaban J connectivity index is 1.98. The summed E-state index contributed by atoms with van der Waals surface area (Å²) in [5.74, 6) is 0. The average molecular weight is 224 g/mol. The van der Waals surface area contributed by atoms with Crippen LogP contribution in [0.1, 0.15) is 18.1 Å². The smallest absolute Gasteiger partial charge is 0.0400 e. The van der Waals surface area contributed by atoms with Gasteiger partial charge in [0, 0.05) is 24.6 Å². The first-order valence-corrected chi connectivity index (χ1v) is 5.64. The molecule has 2 rings (SSSR count). The Morgan fingerprint density at radius 1 is 1.12 bits per heavy atom. The molecular formula is C15H16N2. The summed E-state index contributed by atoms with van der Waals surface area (Å²) in [4.78, 5) is 3.98. The third-order valence-electron chi connectivity index (χ3n) is 2.62. The van der Waals surface area contributed by atoms with Gasteiger partial charge in [0.15, 0.2) is 0 Å². The highest BCUT2D eigenvalue weighted by atomic mass is 14.9. The molecule has 0 aliphatic heterocycles. The third kappa shape index (κ3) is 3.18. The number of anilines is 1. The molecule has 0 spiro atoms. The lowest BCUT2D eigenvalue weighted by atomic mass is 10.1. The standard InChI is InChI=1S/C15H16N2/c1-12(2)14-5-3-13(4-6-14)11-17-15-7-9-16-10-8-15/h3-10H,1,11H2,2H3,(H,16,17). The van der Waals surface area contributed by atoms with E-state index in [1.165, 1.54) is 11.1 Å². The SMILES string of the molecule is C=C(C)c1ccc(CNc2ccncc2)cc1. The fourth-order valence-electron chi connectivity index (χ4n) is 1.58. The van der Waals surface area contributed by atoms with Crippen molar-refractivity contribution in [2.24, 2.45) is 0 Å². The van der Waals surface area contributed by atoms with E-state index in [9.17, 15) is 0 Å². The predicted molar refractivity (Wildman–Crippen MR) is 72.7 cm³/mol. The van der Waals surface area contributed by atoms with E-state index < -0.39 is 0 Å². The van der Waals surface area contributed by atoms with Crippen LogP contribution in [0.3, 0.4) is 0 Å². The van der Waals surface area contributed by atoms with E-state index in [0.29, 0.717) is 0 Å². The van der Waals surface area contributed by atoms with E-state index in [2.05, 4.69) is 41.1 Å². The molecule has 0 aliphatic carbocycles. The molecule has 2 nitrogen and oxygen atoms in total. The Bertz CT molecular complexity index is 486. The van der Waals surface area contributed by atoms with Gasteiger partial charge in [0.1, 0.15) is 0 Å². The average Bonchev–Trinajstić information content (AvgIpc) is 2.38. The fraction of sp³-hybridized carbons (Fsp3) is 0.133. The fourth-order valence-corrected chi connectivity index (χ4v) is 1.58. The minimum Gasteiger partial charge on any atom is -0.381 e. The number of hydrogen-bond donors (Lipinski definition) is 1. The van der Waals surface area contributed by atoms with Crippen LogP contribution >= 0.6 is 0 Å². The number of benzene rings is 1. The maximum Gasteiger partial charge on any atom is 0.0400 e. The van der Waals surface area contributed by atoms with Crippen LogP contribution in [0.25, 0.3) is 5.57 Å². The number of allylic oxidation sites excluding steroid dienone is 1. The molecule has 2 aromatic rings. The molecular weight excluding hydrogens is 208 g/mol. The van der Waals surface area contributed by atoms with Gasteiger partial charge in [-0.15, -0.1) is 0 Å². The van der Waals surface area contributed by atoms with Crippen molar-refractivity contribution in [1.82, 2.24) is 4.98 Å². The minimum absolute atomic E-state index is 0.820. The highest BCUT2D eigenvalue weighted by Crippen LogP contribution is 2.13. The molecule has 0 amide bonds. The highest BCUT2D eigenvalue weighted by molar-refractivity contribution is 5.61. The lowest BCUT2D eigenvalue weighted by Crippen LogP contribution is -1.99. The van der Waals surface area contributed by atoms with Crippen LogP contribution in [0.4, 0.5) is 5.69 Å². The molecule has 0 saturated carbocycles. The second-order valence-corrected chi connectivity index (χ2v) is 4.07. The van der Waals surface area contributed by atoms with Gasteiger partial charge >= 0.3 is 0 Å². The Morgan fingerprint density at radius 3 is 2.35 bits per heavy atom. The largest absolute Gasteiger partial charge is 0.381 e. The number of nitrogens with one attached hydrogen (secondary N) is 1. The highest BCUT2D eigenvalue weighted by Gasteiger charge is 1.95. The van der Waals surface area contributed by atoms with Crippen LogP contribution in [0.2, 0.25) is 0 Å². The van der Waals surface area contributed by atoms with Crippen LogP contribution in [-0.4, -0.2) is 4.98 Å². The van der Waals surface area contributed by atoms with Gasteiger partial charge in [-0.3, -0.25) is 4.98 Å². The molecule has 0 radical (unpaired) electrons. The monoisotopic (exact) mass is 224 g/mol. The van der Waals surface area contributed by atoms with Gasteiger partial charge in [-0.1, -0.05) is 36.4 Å². The zero-order chi connectivity index (χ0) is 12.1. The van der Waals surface area contributed by atoms with E-state index in [-0.39, 0.29) is 0 Å². The van der Waals surface area contributed by atoms with Crippen LogP contribution in [0.15, 0.2) is 55.4 Å². The van der Waals surface area contributed by atoms with Crippen molar-refractivity contribution >= 4 is 11.3 Å². The Kier molecular flexibility index (Phi) is 3.55. The molecule has 1 aromatic carbocycles. The Labute approximate surface area is 102 Å². The van der Waals surface area contributed by atoms with Crippen LogP contribution < -0.4 is 5.32 Å². The number of rotatable bonds is 4. The zero-order valence-corrected chi connectivity index (χ0v) is 9.98. The van der Waals surface area contributed by atoms with E-state index in [4.69, 9.17) is 0 Å². The Hall–Kier alpha value is -2.09. The summed E-state index contributed by atoms with van der Waals surface area (Å²) in [6, 6.07) is 12.4. The molecule has 0 fully saturated rings. The molecule has 0 atom stereocenters. The predicted octanol–water partition coefficient (Wildman–Crippen LogP) is 3.73. The summed E-state index contributed by atoms with van der Waals surface area (Å²) in [6.45, 7) is 6.76. The van der Waals surface area contributed by atoms with E-state index in [1.54, 1.807) is 12.4 Å². The van der Waals surface area contributed by atoms with Crippen molar-refractivity contribution in [2.75, 3.05) is 5.32 Å². The maximum atomic E-state index is 3.98. The first kappa shape index (κ1) is 11.4. The van der Waals surface area contributed by atoms with E-state index in [1.807, 2.05) is 19.1 Å². The molecule has 0 unspecified atom stereocenters. The third-order valence-corrected chi connectivity index (χ3v) is 2.62. The summed E-state index contributed by atoms with van der Waals surface area (Å²) in [5.41, 5.74) is 4.63. The second-order valence-electron chi connectivity index (χ2n) is 4.07. The number of hydrogen-bond acceptors (Lipinski definition) is 2. The number of nitrogens with zero attached hydrogens (tertiary/aromatic N) is 1. The van der Waals surface area contributed by atoms with Gasteiger partial charge in [0.2, 0.25) is 0 Å². The lowest BCUT2D eigenvalue weighted by Gasteiger charge is -2.07. The van der Waals surface area contributed by atoms with Crippen LogP contribution in [0.5, 0.6) is 0 Å². The number of pyridine rings is 1. The van der Waals surface area contributed by atoms with Crippen molar-refractivity contribution in [2.45, 2.75) is 13.5 Å². The van der Waals surface area contributed by atoms with Crippen LogP contribution in [0, 0.1) is 0 Å². The molecule has 0 bridgehead atoms. The summed E-state index contributed by atoms with van der Waals surface area (Å²) < 4.78 is 0. The molecule has 17 heavy (non-hydrogen) atoms. The molecule has 2 heteroatoms. The molecule has 1 N–H and O–H groups in total. The maximum absolute atomic E-state index is 3.98. The quantitative estimate of drug-likeness (QED) is 0.856. The van der Waals surface area contributed by atoms with Crippen molar-refractivity contribution in [3.8, 4) is 0 Å². The molecule has 0 aliphatic rings. The minimum atomic E-state index is 0.820. The first-order chi connectivity index (χ1) is 8.25. The summed E-state index contributed by atoms with van der Waals surface area (Å²) >= 11 is 0. The molecule has 86 valence electrons. The normalized spacial score (nSPS) is 9.94. The van der Waals surface area contributed by atoms with Crippen molar-refractivity contribution in [3.05, 3.63) is 66.5 Å². The van der Waals surface area contributed by atoms with Crippen molar-refractivity contribution in [1.29, 1.82) is 0 Å². The van der Waals surface area contributed by atoms with Crippen molar-refractivity contribution in [3.63, 3.8) is 0 Å². The van der Waals surface area contributed by atoms with E-state index >= 15 is 0 Å². The first-order valence-electron chi connectivity index (χ1n) is 5.64. The second kappa shape index (κ2) is 5.30. The summed E-state index contributed by atoms with van der Waals surface area (Å²) in [7, 11) is 0. The topological polar surface area (TPSA) is 24.9 Å². The van der Waals surface area contributed by atoms with Crippen molar-refractivity contribution < 1.29 is 0 Å². The molecule has 1 aromatic heterocycles. The van der Waals surface area contributed by atoms with Gasteiger partial charge < -0.3 is 5.32 Å². The van der Waals surface area contributed by atoms with Gasteiger partial charge in [-0.25, -0.2) is 0 Å². The van der Waals surface area contributed by atoms with Gasteiger partial charge in [0.25, 0.3) is 0 Å². The van der Waals surface area contributed by atoms with E-state index in [0.717, 1.165) is 17.8 Å². The summed E-state index contributed by atoms with van der Waals surface area (Å²) in [5, 5.41) is 3.35. The van der Waals surface area contributed by atoms with Crippen LogP contribution in [-0.2, 0) is 6.54 Å². The van der Waals surface area contributed by atoms with Gasteiger partial charge in [0.05, 0.1) is 0 Å². The number of aromatic nitrogens is 1. The lowest BCUT2D eigenvalue weighted by molar-refractivity contribution is 1.14. The summed E-state index contributed by atoms with van der Waals surface area (Å²) in [6.07, 6.45) is 3.57. The molecule has 0 saturated heterocycles. The van der Waals surface area contributed by atoms with Gasteiger partial charge in [-0.2, -0.15) is 0 Å². The van der Waals surface area contributed by atoms with Gasteiger partial charge in [-0.05, 0) is 30.2 Å². The molecule has 1 heterocycles.